The molecule has 3 nitrogen and oxygen atoms in total. The highest BCUT2D eigenvalue weighted by molar-refractivity contribution is 7.90. The highest BCUT2D eigenvalue weighted by Gasteiger charge is 2.23. The van der Waals surface area contributed by atoms with Crippen LogP contribution in [0.5, 0.6) is 0 Å². The van der Waals surface area contributed by atoms with Gasteiger partial charge in [0.1, 0.15) is 0 Å². The van der Waals surface area contributed by atoms with Gasteiger partial charge in [-0.1, -0.05) is 78.9 Å². The molecule has 5 rings (SSSR count). The standard InChI is InChI=1S/C27H21NO2S/c1-20-24-17-18-28(31(29,30)23-15-9-4-10-16-23)27(24)26(22-13-7-3-8-14-22)19-25(20)21-11-5-2-6-12-21/h2-19H,1H3. The first-order valence-electron chi connectivity index (χ1n) is 10.1. The molecule has 0 spiro atoms. The maximum atomic E-state index is 13.5. The van der Waals surface area contributed by atoms with Crippen molar-refractivity contribution in [3.05, 3.63) is 115 Å². The van der Waals surface area contributed by atoms with E-state index in [4.69, 9.17) is 0 Å². The molecule has 1 aromatic heterocycles. The molecule has 0 atom stereocenters. The second kappa shape index (κ2) is 7.56. The van der Waals surface area contributed by atoms with E-state index in [0.717, 1.165) is 33.2 Å². The van der Waals surface area contributed by atoms with Gasteiger partial charge in [0.2, 0.25) is 0 Å². The summed E-state index contributed by atoms with van der Waals surface area (Å²) in [6, 6.07) is 32.8. The number of rotatable bonds is 4. The minimum Gasteiger partial charge on any atom is -0.241 e. The zero-order valence-electron chi connectivity index (χ0n) is 17.1. The summed E-state index contributed by atoms with van der Waals surface area (Å²) in [5, 5.41) is 0.930. The number of hydrogen-bond acceptors (Lipinski definition) is 2. The Morgan fingerprint density at radius 1 is 0.645 bits per heavy atom. The summed E-state index contributed by atoms with van der Waals surface area (Å²) in [5.74, 6) is 0. The predicted molar refractivity (Wildman–Crippen MR) is 127 cm³/mol. The maximum absolute atomic E-state index is 13.5. The van der Waals surface area contributed by atoms with Crippen molar-refractivity contribution in [1.82, 2.24) is 3.97 Å². The quantitative estimate of drug-likeness (QED) is 0.330. The van der Waals surface area contributed by atoms with Crippen LogP contribution in [0.3, 0.4) is 0 Å². The zero-order chi connectivity index (χ0) is 21.4. The predicted octanol–water partition coefficient (Wildman–Crippen LogP) is 6.52. The van der Waals surface area contributed by atoms with Gasteiger partial charge in [-0.25, -0.2) is 12.4 Å². The van der Waals surface area contributed by atoms with Gasteiger partial charge >= 0.3 is 0 Å². The van der Waals surface area contributed by atoms with Crippen molar-refractivity contribution < 1.29 is 8.42 Å². The van der Waals surface area contributed by atoms with Crippen molar-refractivity contribution in [2.75, 3.05) is 0 Å². The van der Waals surface area contributed by atoms with E-state index in [9.17, 15) is 8.42 Å². The van der Waals surface area contributed by atoms with E-state index in [0.29, 0.717) is 5.52 Å². The lowest BCUT2D eigenvalue weighted by molar-refractivity contribution is 0.589. The van der Waals surface area contributed by atoms with Crippen LogP contribution in [0, 0.1) is 6.92 Å². The molecule has 0 saturated heterocycles. The van der Waals surface area contributed by atoms with Crippen molar-refractivity contribution in [2.45, 2.75) is 11.8 Å². The molecule has 0 N–H and O–H groups in total. The summed E-state index contributed by atoms with van der Waals surface area (Å²) in [4.78, 5) is 0.274. The number of hydrogen-bond donors (Lipinski definition) is 0. The SMILES string of the molecule is Cc1c(-c2ccccc2)cc(-c2ccccc2)c2c1ccn2S(=O)(=O)c1ccccc1. The first kappa shape index (κ1) is 19.3. The van der Waals surface area contributed by atoms with Crippen LogP contribution in [0.1, 0.15) is 5.56 Å². The third-order valence-corrected chi connectivity index (χ3v) is 7.36. The summed E-state index contributed by atoms with van der Waals surface area (Å²) in [5.41, 5.74) is 5.84. The summed E-state index contributed by atoms with van der Waals surface area (Å²) >= 11 is 0. The second-order valence-corrected chi connectivity index (χ2v) is 9.34. The Labute approximate surface area is 182 Å². The molecule has 5 aromatic rings. The third kappa shape index (κ3) is 3.25. The zero-order valence-corrected chi connectivity index (χ0v) is 17.9. The fourth-order valence-corrected chi connectivity index (χ4v) is 5.49. The lowest BCUT2D eigenvalue weighted by Crippen LogP contribution is -2.12. The fourth-order valence-electron chi connectivity index (χ4n) is 4.11. The van der Waals surface area contributed by atoms with Gasteiger partial charge in [0.05, 0.1) is 10.4 Å². The van der Waals surface area contributed by atoms with E-state index in [1.54, 1.807) is 30.5 Å². The van der Waals surface area contributed by atoms with Gasteiger partial charge < -0.3 is 0 Å². The first-order valence-corrected chi connectivity index (χ1v) is 11.6. The monoisotopic (exact) mass is 423 g/mol. The molecule has 0 amide bonds. The molecule has 4 heteroatoms. The van der Waals surface area contributed by atoms with Crippen molar-refractivity contribution in [1.29, 1.82) is 0 Å². The minimum atomic E-state index is -3.73. The van der Waals surface area contributed by atoms with Crippen LogP contribution >= 0.6 is 0 Å². The Morgan fingerprint density at radius 3 is 1.74 bits per heavy atom. The lowest BCUT2D eigenvalue weighted by Gasteiger charge is -2.16. The van der Waals surface area contributed by atoms with E-state index >= 15 is 0 Å². The summed E-state index contributed by atoms with van der Waals surface area (Å²) in [7, 11) is -3.73. The van der Waals surface area contributed by atoms with E-state index in [2.05, 4.69) is 25.1 Å². The van der Waals surface area contributed by atoms with Crippen LogP contribution in [0.2, 0.25) is 0 Å². The Morgan fingerprint density at radius 2 is 1.16 bits per heavy atom. The molecule has 0 fully saturated rings. The smallest absolute Gasteiger partial charge is 0.241 e. The second-order valence-electron chi connectivity index (χ2n) is 7.52. The molecule has 0 bridgehead atoms. The largest absolute Gasteiger partial charge is 0.268 e. The van der Waals surface area contributed by atoms with Crippen molar-refractivity contribution in [3.63, 3.8) is 0 Å². The van der Waals surface area contributed by atoms with E-state index in [1.807, 2.05) is 60.7 Å². The number of aryl methyl sites for hydroxylation is 1. The van der Waals surface area contributed by atoms with Gasteiger partial charge in [0, 0.05) is 17.1 Å². The van der Waals surface area contributed by atoms with Gasteiger partial charge in [-0.15, -0.1) is 0 Å². The van der Waals surface area contributed by atoms with Crippen molar-refractivity contribution in [2.24, 2.45) is 0 Å². The van der Waals surface area contributed by atoms with Crippen molar-refractivity contribution >= 4 is 20.9 Å². The fraction of sp³-hybridized carbons (Fsp3) is 0.0370. The molecule has 0 saturated carbocycles. The average Bonchev–Trinajstić information content (AvgIpc) is 3.28. The molecule has 0 unspecified atom stereocenters. The number of nitrogens with zero attached hydrogens (tertiary/aromatic N) is 1. The van der Waals surface area contributed by atoms with Gasteiger partial charge in [-0.05, 0) is 53.4 Å². The average molecular weight is 424 g/mol. The summed E-state index contributed by atoms with van der Waals surface area (Å²) < 4.78 is 28.5. The topological polar surface area (TPSA) is 39.1 Å². The molecule has 0 aliphatic heterocycles. The molecule has 4 aromatic carbocycles. The van der Waals surface area contributed by atoms with Gasteiger partial charge in [-0.3, -0.25) is 0 Å². The molecular formula is C27H21NO2S. The van der Waals surface area contributed by atoms with E-state index in [1.165, 1.54) is 3.97 Å². The van der Waals surface area contributed by atoms with Crippen molar-refractivity contribution in [3.8, 4) is 22.3 Å². The first-order chi connectivity index (χ1) is 15.1. The van der Waals surface area contributed by atoms with Crippen LogP contribution in [-0.4, -0.2) is 12.4 Å². The highest BCUT2D eigenvalue weighted by atomic mass is 32.2. The molecule has 0 aliphatic rings. The number of fused-ring (bicyclic) bond motifs is 1. The summed E-state index contributed by atoms with van der Waals surface area (Å²) in [6.45, 7) is 2.05. The maximum Gasteiger partial charge on any atom is 0.268 e. The van der Waals surface area contributed by atoms with Gasteiger partial charge in [0.15, 0.2) is 0 Å². The van der Waals surface area contributed by atoms with E-state index in [-0.39, 0.29) is 4.90 Å². The number of aromatic nitrogens is 1. The van der Waals surface area contributed by atoms with Crippen LogP contribution in [0.4, 0.5) is 0 Å². The van der Waals surface area contributed by atoms with Crippen LogP contribution in [0.25, 0.3) is 33.2 Å². The van der Waals surface area contributed by atoms with E-state index < -0.39 is 10.0 Å². The molecular weight excluding hydrogens is 402 g/mol. The Kier molecular flexibility index (Phi) is 4.72. The molecule has 152 valence electrons. The summed E-state index contributed by atoms with van der Waals surface area (Å²) in [6.07, 6.45) is 1.67. The van der Waals surface area contributed by atoms with Crippen LogP contribution in [0.15, 0.2) is 114 Å². The lowest BCUT2D eigenvalue weighted by atomic mass is 9.92. The third-order valence-electron chi connectivity index (χ3n) is 5.67. The normalized spacial score (nSPS) is 11.6. The van der Waals surface area contributed by atoms with Gasteiger partial charge in [0.25, 0.3) is 10.0 Å². The Bertz CT molecular complexity index is 1470. The number of benzene rings is 4. The minimum absolute atomic E-state index is 0.274. The van der Waals surface area contributed by atoms with Crippen LogP contribution in [-0.2, 0) is 10.0 Å². The highest BCUT2D eigenvalue weighted by Crippen LogP contribution is 2.39. The Hall–Kier alpha value is -3.63. The molecule has 0 aliphatic carbocycles. The molecule has 0 radical (unpaired) electrons. The molecule has 31 heavy (non-hydrogen) atoms. The Balaban J connectivity index is 1.87. The van der Waals surface area contributed by atoms with Gasteiger partial charge in [-0.2, -0.15) is 0 Å². The van der Waals surface area contributed by atoms with Crippen LogP contribution < -0.4 is 0 Å². The molecule has 1 heterocycles.